The van der Waals surface area contributed by atoms with E-state index in [-0.39, 0.29) is 0 Å². The maximum atomic E-state index is 5.21. The summed E-state index contributed by atoms with van der Waals surface area (Å²) < 4.78 is 6.90. The number of benzene rings is 1. The van der Waals surface area contributed by atoms with Gasteiger partial charge in [0.25, 0.3) is 5.78 Å². The Labute approximate surface area is 138 Å². The van der Waals surface area contributed by atoms with Crippen molar-refractivity contribution in [2.75, 3.05) is 5.32 Å². The van der Waals surface area contributed by atoms with E-state index in [9.17, 15) is 0 Å². The average molecular weight is 320 g/mol. The molecule has 0 unspecified atom stereocenters. The van der Waals surface area contributed by atoms with Crippen molar-refractivity contribution < 1.29 is 4.52 Å². The fourth-order valence-electron chi connectivity index (χ4n) is 2.63. The van der Waals surface area contributed by atoms with Gasteiger partial charge in [-0.15, -0.1) is 0 Å². The van der Waals surface area contributed by atoms with Crippen molar-refractivity contribution in [1.29, 1.82) is 0 Å². The Balaban J connectivity index is 1.73. The molecule has 3 aromatic heterocycles. The molecule has 0 aliphatic heterocycles. The van der Waals surface area contributed by atoms with Gasteiger partial charge in [0, 0.05) is 23.7 Å². The standard InChI is InChI=1S/C17H16N6O/c1-11-14(12(2)24-22-11)9-18-16-8-15(13-6-4-3-5-7-13)21-17-19-10-20-23(16)17/h3-8,10,18H,9H2,1-2H3. The van der Waals surface area contributed by atoms with Gasteiger partial charge < -0.3 is 9.84 Å². The highest BCUT2D eigenvalue weighted by molar-refractivity contribution is 5.65. The number of hydrogen-bond donors (Lipinski definition) is 1. The Hall–Kier alpha value is -3.22. The van der Waals surface area contributed by atoms with E-state index in [0.29, 0.717) is 12.3 Å². The normalized spacial score (nSPS) is 11.1. The molecular formula is C17H16N6O. The van der Waals surface area contributed by atoms with Crippen LogP contribution in [0.3, 0.4) is 0 Å². The van der Waals surface area contributed by atoms with Crippen LogP contribution in [0.4, 0.5) is 5.82 Å². The largest absolute Gasteiger partial charge is 0.366 e. The van der Waals surface area contributed by atoms with Crippen LogP contribution >= 0.6 is 0 Å². The van der Waals surface area contributed by atoms with Crippen LogP contribution in [-0.4, -0.2) is 24.7 Å². The lowest BCUT2D eigenvalue weighted by molar-refractivity contribution is 0.392. The first kappa shape index (κ1) is 14.4. The molecule has 1 aromatic carbocycles. The summed E-state index contributed by atoms with van der Waals surface area (Å²) in [6.45, 7) is 4.43. The third-order valence-electron chi connectivity index (χ3n) is 3.95. The Morgan fingerprint density at radius 1 is 1.17 bits per heavy atom. The summed E-state index contributed by atoms with van der Waals surface area (Å²) in [5.41, 5.74) is 3.80. The zero-order valence-electron chi connectivity index (χ0n) is 13.4. The minimum Gasteiger partial charge on any atom is -0.366 e. The lowest BCUT2D eigenvalue weighted by Gasteiger charge is -2.10. The van der Waals surface area contributed by atoms with E-state index in [0.717, 1.165) is 34.1 Å². The van der Waals surface area contributed by atoms with Crippen molar-refractivity contribution in [2.45, 2.75) is 20.4 Å². The van der Waals surface area contributed by atoms with Crippen LogP contribution in [0.25, 0.3) is 17.0 Å². The van der Waals surface area contributed by atoms with Gasteiger partial charge in [0.2, 0.25) is 0 Å². The van der Waals surface area contributed by atoms with Crippen molar-refractivity contribution in [1.82, 2.24) is 24.7 Å². The molecule has 0 aliphatic carbocycles. The molecule has 0 atom stereocenters. The van der Waals surface area contributed by atoms with Gasteiger partial charge in [-0.1, -0.05) is 35.5 Å². The van der Waals surface area contributed by atoms with E-state index < -0.39 is 0 Å². The smallest absolute Gasteiger partial charge is 0.254 e. The summed E-state index contributed by atoms with van der Waals surface area (Å²) in [6.07, 6.45) is 1.50. The quantitative estimate of drug-likeness (QED) is 0.622. The summed E-state index contributed by atoms with van der Waals surface area (Å²) in [5.74, 6) is 2.18. The van der Waals surface area contributed by atoms with Crippen LogP contribution < -0.4 is 5.32 Å². The molecule has 120 valence electrons. The van der Waals surface area contributed by atoms with Gasteiger partial charge >= 0.3 is 0 Å². The lowest BCUT2D eigenvalue weighted by atomic mass is 10.1. The van der Waals surface area contributed by atoms with E-state index in [1.54, 1.807) is 4.52 Å². The molecule has 0 radical (unpaired) electrons. The number of nitrogens with zero attached hydrogens (tertiary/aromatic N) is 5. The summed E-state index contributed by atoms with van der Waals surface area (Å²) in [7, 11) is 0. The highest BCUT2D eigenvalue weighted by Gasteiger charge is 2.12. The number of aromatic nitrogens is 5. The average Bonchev–Trinajstić information content (AvgIpc) is 3.20. The third-order valence-corrected chi connectivity index (χ3v) is 3.95. The van der Waals surface area contributed by atoms with E-state index in [1.165, 1.54) is 6.33 Å². The lowest BCUT2D eigenvalue weighted by Crippen LogP contribution is -2.07. The number of hydrogen-bond acceptors (Lipinski definition) is 6. The highest BCUT2D eigenvalue weighted by Crippen LogP contribution is 2.22. The van der Waals surface area contributed by atoms with Gasteiger partial charge in [0.05, 0.1) is 11.4 Å². The van der Waals surface area contributed by atoms with Crippen LogP contribution in [0.2, 0.25) is 0 Å². The second kappa shape index (κ2) is 5.77. The van der Waals surface area contributed by atoms with E-state index in [4.69, 9.17) is 4.52 Å². The van der Waals surface area contributed by atoms with E-state index >= 15 is 0 Å². The van der Waals surface area contributed by atoms with Crippen molar-refractivity contribution in [2.24, 2.45) is 0 Å². The molecule has 0 amide bonds. The first-order chi connectivity index (χ1) is 11.7. The number of anilines is 1. The fourth-order valence-corrected chi connectivity index (χ4v) is 2.63. The maximum Gasteiger partial charge on any atom is 0.254 e. The summed E-state index contributed by atoms with van der Waals surface area (Å²) in [5, 5.41) is 11.6. The predicted molar refractivity (Wildman–Crippen MR) is 89.5 cm³/mol. The molecule has 4 aromatic rings. The molecule has 0 aliphatic rings. The number of rotatable bonds is 4. The predicted octanol–water partition coefficient (Wildman–Crippen LogP) is 3.01. The third kappa shape index (κ3) is 2.50. The summed E-state index contributed by atoms with van der Waals surface area (Å²) in [4.78, 5) is 8.78. The molecular weight excluding hydrogens is 304 g/mol. The van der Waals surface area contributed by atoms with Crippen LogP contribution in [-0.2, 0) is 6.54 Å². The number of nitrogens with one attached hydrogen (secondary N) is 1. The maximum absolute atomic E-state index is 5.21. The van der Waals surface area contributed by atoms with Gasteiger partial charge in [-0.2, -0.15) is 14.6 Å². The molecule has 3 heterocycles. The number of aryl methyl sites for hydroxylation is 2. The van der Waals surface area contributed by atoms with Gasteiger partial charge in [-0.05, 0) is 13.8 Å². The van der Waals surface area contributed by atoms with Crippen LogP contribution in [0, 0.1) is 13.8 Å². The van der Waals surface area contributed by atoms with Gasteiger partial charge in [0.1, 0.15) is 17.9 Å². The van der Waals surface area contributed by atoms with Gasteiger partial charge in [-0.25, -0.2) is 4.98 Å². The monoisotopic (exact) mass is 320 g/mol. The van der Waals surface area contributed by atoms with Gasteiger partial charge in [0.15, 0.2) is 0 Å². The first-order valence-electron chi connectivity index (χ1n) is 7.64. The topological polar surface area (TPSA) is 81.1 Å². The first-order valence-corrected chi connectivity index (χ1v) is 7.64. The Bertz CT molecular complexity index is 969. The number of fused-ring (bicyclic) bond motifs is 1. The Morgan fingerprint density at radius 2 is 2.00 bits per heavy atom. The van der Waals surface area contributed by atoms with Crippen molar-refractivity contribution in [3.63, 3.8) is 0 Å². The van der Waals surface area contributed by atoms with Crippen LogP contribution in [0.1, 0.15) is 17.0 Å². The van der Waals surface area contributed by atoms with Gasteiger partial charge in [-0.3, -0.25) is 0 Å². The molecule has 0 saturated carbocycles. The molecule has 7 nitrogen and oxygen atoms in total. The Kier molecular flexibility index (Phi) is 3.45. The molecule has 24 heavy (non-hydrogen) atoms. The fraction of sp³-hybridized carbons (Fsp3) is 0.176. The van der Waals surface area contributed by atoms with Crippen molar-refractivity contribution in [3.05, 3.63) is 59.7 Å². The molecule has 0 saturated heterocycles. The molecule has 0 spiro atoms. The Morgan fingerprint density at radius 3 is 2.75 bits per heavy atom. The van der Waals surface area contributed by atoms with Crippen LogP contribution in [0.5, 0.6) is 0 Å². The molecule has 4 rings (SSSR count). The highest BCUT2D eigenvalue weighted by atomic mass is 16.5. The zero-order valence-corrected chi connectivity index (χ0v) is 13.4. The minimum absolute atomic E-state index is 0.553. The van der Waals surface area contributed by atoms with E-state index in [1.807, 2.05) is 50.2 Å². The molecule has 0 fully saturated rings. The summed E-state index contributed by atoms with van der Waals surface area (Å²) in [6, 6.07) is 12.0. The minimum atomic E-state index is 0.553. The summed E-state index contributed by atoms with van der Waals surface area (Å²) >= 11 is 0. The van der Waals surface area contributed by atoms with E-state index in [2.05, 4.69) is 25.5 Å². The zero-order chi connectivity index (χ0) is 16.5. The SMILES string of the molecule is Cc1noc(C)c1CNc1cc(-c2ccccc2)nc2ncnn12. The van der Waals surface area contributed by atoms with Crippen molar-refractivity contribution >= 4 is 11.6 Å². The second-order valence-corrected chi connectivity index (χ2v) is 5.52. The molecule has 0 bridgehead atoms. The van der Waals surface area contributed by atoms with Crippen LogP contribution in [0.15, 0.2) is 47.2 Å². The second-order valence-electron chi connectivity index (χ2n) is 5.52. The van der Waals surface area contributed by atoms with Crippen molar-refractivity contribution in [3.8, 4) is 11.3 Å². The molecule has 7 heteroatoms. The molecule has 1 N–H and O–H groups in total.